The Kier molecular flexibility index (Phi) is 10.6. The molecule has 0 radical (unpaired) electrons. The first-order valence-electron chi connectivity index (χ1n) is 7.36. The Balaban J connectivity index is 0. The van der Waals surface area contributed by atoms with E-state index in [0.29, 0.717) is 0 Å². The number of hydrogen-bond donors (Lipinski definition) is 0. The molecule has 0 aliphatic rings. The van der Waals surface area contributed by atoms with Gasteiger partial charge in [-0.05, 0) is 34.4 Å². The predicted octanol–water partition coefficient (Wildman–Crippen LogP) is 7.38. The van der Waals surface area contributed by atoms with Crippen LogP contribution in [0.4, 0.5) is 0 Å². The van der Waals surface area contributed by atoms with E-state index in [0.717, 1.165) is 10.8 Å². The molecule has 0 fully saturated rings. The summed E-state index contributed by atoms with van der Waals surface area (Å²) in [5, 5.41) is 3.06. The summed E-state index contributed by atoms with van der Waals surface area (Å²) < 4.78 is 10.3. The van der Waals surface area contributed by atoms with Gasteiger partial charge >= 0.3 is 0 Å². The van der Waals surface area contributed by atoms with Crippen LogP contribution in [0.15, 0.2) is 23.6 Å². The lowest BCUT2D eigenvalue weighted by molar-refractivity contribution is 0.402. The fourth-order valence-corrected chi connectivity index (χ4v) is 3.66. The Morgan fingerprint density at radius 2 is 1.38 bits per heavy atom. The number of hydrogen-bond acceptors (Lipinski definition) is 4. The predicted molar refractivity (Wildman–Crippen MR) is 113 cm³/mol. The van der Waals surface area contributed by atoms with E-state index in [2.05, 4.69) is 53.0 Å². The molecular weight excluding hydrogens is 336 g/mol. The molecule has 0 spiro atoms. The average Bonchev–Trinajstić information content (AvgIpc) is 3.06. The van der Waals surface area contributed by atoms with E-state index in [1.165, 1.54) is 9.75 Å². The molecule has 0 unspecified atom stereocenters. The van der Waals surface area contributed by atoms with Crippen LogP contribution >= 0.6 is 22.7 Å². The van der Waals surface area contributed by atoms with Gasteiger partial charge < -0.3 is 9.47 Å². The minimum atomic E-state index is 0. The van der Waals surface area contributed by atoms with Crippen molar-refractivity contribution >= 4 is 22.7 Å². The Hall–Kier alpha value is -1.00. The van der Waals surface area contributed by atoms with Crippen LogP contribution in [-0.2, 0) is 10.8 Å². The molecule has 2 aromatic rings. The second kappa shape index (κ2) is 10.1. The molecule has 0 saturated carbocycles. The lowest BCUT2D eigenvalue weighted by Gasteiger charge is -2.17. The fraction of sp³-hybridized carbons (Fsp3) is 0.600. The molecule has 2 nitrogen and oxygen atoms in total. The highest BCUT2D eigenvalue weighted by atomic mass is 32.1. The molecule has 0 atom stereocenters. The van der Waals surface area contributed by atoms with Gasteiger partial charge in [-0.2, -0.15) is 0 Å². The van der Waals surface area contributed by atoms with Gasteiger partial charge in [0.2, 0.25) is 0 Å². The maximum absolute atomic E-state index is 5.22. The highest BCUT2D eigenvalue weighted by molar-refractivity contribution is 7.14. The molecule has 2 aromatic heterocycles. The minimum Gasteiger partial charge on any atom is -0.496 e. The summed E-state index contributed by atoms with van der Waals surface area (Å²) in [6.45, 7) is 13.2. The third kappa shape index (κ3) is 7.27. The van der Waals surface area contributed by atoms with E-state index in [1.54, 1.807) is 36.9 Å². The smallest absolute Gasteiger partial charge is 0.173 e. The molecular formula is C20H36O2S2. The number of methoxy groups -OCH3 is 2. The van der Waals surface area contributed by atoms with Gasteiger partial charge in [-0.15, -0.1) is 22.7 Å². The summed E-state index contributed by atoms with van der Waals surface area (Å²) in [6.07, 6.45) is 0. The molecule has 0 bridgehead atoms. The second-order valence-electron chi connectivity index (χ2n) is 7.14. The Labute approximate surface area is 157 Å². The lowest BCUT2D eigenvalue weighted by atomic mass is 9.94. The van der Waals surface area contributed by atoms with E-state index < -0.39 is 0 Å². The largest absolute Gasteiger partial charge is 0.496 e. The first-order valence-corrected chi connectivity index (χ1v) is 9.05. The summed E-state index contributed by atoms with van der Waals surface area (Å²) >= 11 is 3.47. The fourth-order valence-electron chi connectivity index (χ4n) is 1.84. The maximum atomic E-state index is 5.22. The van der Waals surface area contributed by atoms with Gasteiger partial charge in [0.25, 0.3) is 0 Å². The van der Waals surface area contributed by atoms with Crippen molar-refractivity contribution in [3.8, 4) is 10.8 Å². The minimum absolute atomic E-state index is 0. The van der Waals surface area contributed by atoms with Crippen molar-refractivity contribution in [3.05, 3.63) is 33.3 Å². The van der Waals surface area contributed by atoms with Crippen LogP contribution < -0.4 is 9.47 Å². The molecule has 140 valence electrons. The zero-order valence-corrected chi connectivity index (χ0v) is 16.6. The number of rotatable bonds is 2. The first-order chi connectivity index (χ1) is 10.1. The van der Waals surface area contributed by atoms with Crippen molar-refractivity contribution < 1.29 is 9.47 Å². The van der Waals surface area contributed by atoms with Gasteiger partial charge in [0.1, 0.15) is 5.75 Å². The van der Waals surface area contributed by atoms with Crippen LogP contribution in [0.25, 0.3) is 0 Å². The van der Waals surface area contributed by atoms with Crippen molar-refractivity contribution in [1.82, 2.24) is 0 Å². The van der Waals surface area contributed by atoms with E-state index in [9.17, 15) is 0 Å². The quantitative estimate of drug-likeness (QED) is 0.547. The number of ether oxygens (including phenoxy) is 2. The maximum Gasteiger partial charge on any atom is 0.173 e. The van der Waals surface area contributed by atoms with E-state index in [1.807, 2.05) is 12.1 Å². The highest BCUT2D eigenvalue weighted by Gasteiger charge is 2.19. The first kappa shape index (κ1) is 25.2. The summed E-state index contributed by atoms with van der Waals surface area (Å²) in [6, 6.07) is 6.17. The molecule has 4 heteroatoms. The summed E-state index contributed by atoms with van der Waals surface area (Å²) in [5.41, 5.74) is 0.459. The van der Waals surface area contributed by atoms with Crippen molar-refractivity contribution in [2.45, 2.75) is 67.2 Å². The molecule has 2 rings (SSSR count). The monoisotopic (exact) mass is 372 g/mol. The average molecular weight is 373 g/mol. The summed E-state index contributed by atoms with van der Waals surface area (Å²) in [5.74, 6) is 1.02. The molecule has 0 aromatic carbocycles. The Morgan fingerprint density at radius 1 is 0.792 bits per heavy atom. The molecule has 0 aliphatic heterocycles. The van der Waals surface area contributed by atoms with Gasteiger partial charge in [0.05, 0.1) is 19.1 Å². The zero-order chi connectivity index (χ0) is 17.0. The standard InChI is InChI=1S/2C9H14OS.2CH4/c1-9(2,3)8-7(10-4)5-6-11-8;1-9(2,3)7-5-6-8(10-4)11-7;;/h2*5-6H,1-4H3;2*1H4. The lowest BCUT2D eigenvalue weighted by Crippen LogP contribution is -2.09. The van der Waals surface area contributed by atoms with Crippen LogP contribution in [0.1, 0.15) is 66.2 Å². The van der Waals surface area contributed by atoms with Gasteiger partial charge in [0.15, 0.2) is 5.06 Å². The third-order valence-electron chi connectivity index (χ3n) is 3.05. The Morgan fingerprint density at radius 3 is 1.67 bits per heavy atom. The van der Waals surface area contributed by atoms with Crippen molar-refractivity contribution in [2.24, 2.45) is 0 Å². The normalized spacial score (nSPS) is 10.7. The topological polar surface area (TPSA) is 18.5 Å². The van der Waals surface area contributed by atoms with Gasteiger partial charge in [-0.3, -0.25) is 0 Å². The molecule has 0 aliphatic carbocycles. The highest BCUT2D eigenvalue weighted by Crippen LogP contribution is 2.35. The molecule has 0 N–H and O–H groups in total. The molecule has 0 amide bonds. The molecule has 2 heterocycles. The van der Waals surface area contributed by atoms with Crippen molar-refractivity contribution in [2.75, 3.05) is 14.2 Å². The van der Waals surface area contributed by atoms with Crippen LogP contribution in [0.2, 0.25) is 0 Å². The van der Waals surface area contributed by atoms with Gasteiger partial charge in [-0.25, -0.2) is 0 Å². The van der Waals surface area contributed by atoms with Crippen molar-refractivity contribution in [3.63, 3.8) is 0 Å². The zero-order valence-electron chi connectivity index (χ0n) is 14.9. The van der Waals surface area contributed by atoms with Crippen molar-refractivity contribution in [1.29, 1.82) is 0 Å². The number of thiophene rings is 2. The summed E-state index contributed by atoms with van der Waals surface area (Å²) in [7, 11) is 3.43. The van der Waals surface area contributed by atoms with E-state index in [-0.39, 0.29) is 25.7 Å². The van der Waals surface area contributed by atoms with Gasteiger partial charge in [0, 0.05) is 4.88 Å². The summed E-state index contributed by atoms with van der Waals surface area (Å²) in [4.78, 5) is 2.69. The van der Waals surface area contributed by atoms with E-state index in [4.69, 9.17) is 9.47 Å². The van der Waals surface area contributed by atoms with E-state index >= 15 is 0 Å². The molecule has 0 saturated heterocycles. The van der Waals surface area contributed by atoms with Gasteiger partial charge in [-0.1, -0.05) is 56.4 Å². The van der Waals surface area contributed by atoms with Crippen LogP contribution in [0.3, 0.4) is 0 Å². The van der Waals surface area contributed by atoms with Crippen LogP contribution in [0, 0.1) is 0 Å². The SMILES string of the molecule is C.C.COc1ccc(C(C)(C)C)s1.COc1ccsc1C(C)(C)C. The second-order valence-corrected chi connectivity index (χ2v) is 9.10. The third-order valence-corrected chi connectivity index (χ3v) is 5.85. The van der Waals surface area contributed by atoms with Crippen LogP contribution in [-0.4, -0.2) is 14.2 Å². The Bertz CT molecular complexity index is 569. The van der Waals surface area contributed by atoms with Crippen LogP contribution in [0.5, 0.6) is 10.8 Å². The molecule has 24 heavy (non-hydrogen) atoms.